The smallest absolute Gasteiger partial charge is 0.387 e. The quantitative estimate of drug-likeness (QED) is 0.620. The topological polar surface area (TPSA) is 13.6 Å². The molecular formula is C8H5F2NO. The number of nitrogens with zero attached hydrogens (tertiary/aromatic N) is 1. The first kappa shape index (κ1) is 8.47. The maximum atomic E-state index is 11.7. The first-order valence-corrected chi connectivity index (χ1v) is 3.14. The van der Waals surface area contributed by atoms with Crippen LogP contribution in [0.1, 0.15) is 0 Å². The number of hydrogen-bond acceptors (Lipinski definition) is 1. The van der Waals surface area contributed by atoms with Gasteiger partial charge in [0.25, 0.3) is 0 Å². The maximum Gasteiger partial charge on any atom is 0.387 e. The summed E-state index contributed by atoms with van der Waals surface area (Å²) in [6, 6.07) is 5.65. The summed E-state index contributed by atoms with van der Waals surface area (Å²) in [7, 11) is 0. The summed E-state index contributed by atoms with van der Waals surface area (Å²) in [6.45, 7) is 3.76. The second-order valence-corrected chi connectivity index (χ2v) is 1.99. The predicted octanol–water partition coefficient (Wildman–Crippen LogP) is 2.84. The Morgan fingerprint density at radius 1 is 1.42 bits per heavy atom. The average molecular weight is 169 g/mol. The first-order valence-electron chi connectivity index (χ1n) is 3.14. The van der Waals surface area contributed by atoms with Crippen molar-refractivity contribution in [1.82, 2.24) is 0 Å². The molecule has 1 aromatic rings. The minimum absolute atomic E-state index is 0.0125. The number of rotatable bonds is 2. The number of alkyl halides is 2. The van der Waals surface area contributed by atoms with Gasteiger partial charge in [0.05, 0.1) is 6.57 Å². The zero-order chi connectivity index (χ0) is 8.97. The van der Waals surface area contributed by atoms with Crippen LogP contribution in [0.4, 0.5) is 14.5 Å². The molecule has 4 heteroatoms. The highest BCUT2D eigenvalue weighted by Gasteiger charge is 2.03. The molecule has 1 rings (SSSR count). The molecule has 0 saturated carbocycles. The maximum absolute atomic E-state index is 11.7. The molecule has 0 saturated heterocycles. The fourth-order valence-electron chi connectivity index (χ4n) is 0.729. The zero-order valence-electron chi connectivity index (χ0n) is 6.00. The van der Waals surface area contributed by atoms with Crippen molar-refractivity contribution in [3.63, 3.8) is 0 Å². The van der Waals surface area contributed by atoms with Crippen LogP contribution in [0, 0.1) is 6.57 Å². The Hall–Kier alpha value is -1.63. The van der Waals surface area contributed by atoms with E-state index in [1.54, 1.807) is 0 Å². The lowest BCUT2D eigenvalue weighted by molar-refractivity contribution is -0.0497. The van der Waals surface area contributed by atoms with Crippen LogP contribution in [0.3, 0.4) is 0 Å². The Morgan fingerprint density at radius 3 is 2.75 bits per heavy atom. The van der Waals surface area contributed by atoms with Crippen LogP contribution in [0.25, 0.3) is 4.85 Å². The SMILES string of the molecule is [C-]#[N+]c1cccc(OC(F)F)c1. The second-order valence-electron chi connectivity index (χ2n) is 1.99. The summed E-state index contributed by atoms with van der Waals surface area (Å²) in [6.07, 6.45) is 0. The predicted molar refractivity (Wildman–Crippen MR) is 39.3 cm³/mol. The molecule has 0 aliphatic carbocycles. The van der Waals surface area contributed by atoms with Gasteiger partial charge in [-0.1, -0.05) is 12.1 Å². The van der Waals surface area contributed by atoms with Crippen LogP contribution in [0.5, 0.6) is 5.75 Å². The van der Waals surface area contributed by atoms with E-state index in [-0.39, 0.29) is 11.4 Å². The molecule has 0 spiro atoms. The Bertz CT molecular complexity index is 306. The van der Waals surface area contributed by atoms with Gasteiger partial charge >= 0.3 is 6.61 Å². The molecular weight excluding hydrogens is 164 g/mol. The van der Waals surface area contributed by atoms with E-state index in [9.17, 15) is 8.78 Å². The molecule has 0 bridgehead atoms. The number of halogens is 2. The summed E-state index contributed by atoms with van der Waals surface area (Å²) in [5.74, 6) is 0.0125. The molecule has 0 N–H and O–H groups in total. The van der Waals surface area contributed by atoms with Crippen LogP contribution >= 0.6 is 0 Å². The third kappa shape index (κ3) is 2.20. The Kier molecular flexibility index (Phi) is 2.59. The molecule has 0 fully saturated rings. The largest absolute Gasteiger partial charge is 0.436 e. The van der Waals surface area contributed by atoms with Gasteiger partial charge < -0.3 is 4.74 Å². The fourth-order valence-corrected chi connectivity index (χ4v) is 0.729. The van der Waals surface area contributed by atoms with Gasteiger partial charge in [-0.05, 0) is 12.1 Å². The van der Waals surface area contributed by atoms with E-state index in [1.807, 2.05) is 0 Å². The molecule has 2 nitrogen and oxygen atoms in total. The van der Waals surface area contributed by atoms with E-state index in [0.717, 1.165) is 0 Å². The van der Waals surface area contributed by atoms with E-state index in [2.05, 4.69) is 9.58 Å². The van der Waals surface area contributed by atoms with Crippen LogP contribution in [-0.4, -0.2) is 6.61 Å². The summed E-state index contributed by atoms with van der Waals surface area (Å²) in [5, 5.41) is 0. The van der Waals surface area contributed by atoms with Crippen LogP contribution in [0.2, 0.25) is 0 Å². The van der Waals surface area contributed by atoms with Gasteiger partial charge in [-0.25, -0.2) is 4.85 Å². The Morgan fingerprint density at radius 2 is 2.17 bits per heavy atom. The minimum atomic E-state index is -2.84. The molecule has 1 aromatic carbocycles. The molecule has 62 valence electrons. The van der Waals surface area contributed by atoms with Crippen molar-refractivity contribution in [1.29, 1.82) is 0 Å². The second kappa shape index (κ2) is 3.67. The molecule has 0 aromatic heterocycles. The number of ether oxygens (including phenoxy) is 1. The van der Waals surface area contributed by atoms with Crippen LogP contribution in [0.15, 0.2) is 24.3 Å². The van der Waals surface area contributed by atoms with Crippen molar-refractivity contribution in [3.8, 4) is 5.75 Å². The lowest BCUT2D eigenvalue weighted by Crippen LogP contribution is -2.01. The van der Waals surface area contributed by atoms with Gasteiger partial charge in [0.1, 0.15) is 5.75 Å². The molecule has 0 amide bonds. The van der Waals surface area contributed by atoms with Crippen molar-refractivity contribution in [2.45, 2.75) is 6.61 Å². The van der Waals surface area contributed by atoms with Gasteiger partial charge in [0, 0.05) is 0 Å². The van der Waals surface area contributed by atoms with E-state index < -0.39 is 6.61 Å². The standard InChI is InChI=1S/C8H5F2NO/c1-11-6-3-2-4-7(5-6)12-8(9)10/h2-5,8H. The monoisotopic (exact) mass is 169 g/mol. The van der Waals surface area contributed by atoms with Gasteiger partial charge in [0.15, 0.2) is 5.69 Å². The fraction of sp³-hybridized carbons (Fsp3) is 0.125. The zero-order valence-corrected chi connectivity index (χ0v) is 6.00. The Balaban J connectivity index is 2.81. The molecule has 0 radical (unpaired) electrons. The van der Waals surface area contributed by atoms with E-state index in [1.165, 1.54) is 24.3 Å². The summed E-state index contributed by atoms with van der Waals surface area (Å²) in [5.41, 5.74) is 0.285. The summed E-state index contributed by atoms with van der Waals surface area (Å²) in [4.78, 5) is 3.06. The van der Waals surface area contributed by atoms with Gasteiger partial charge in [-0.3, -0.25) is 0 Å². The van der Waals surface area contributed by atoms with Crippen LogP contribution in [-0.2, 0) is 0 Å². The molecule has 0 aliphatic rings. The normalized spacial score (nSPS) is 9.50. The van der Waals surface area contributed by atoms with Crippen molar-refractivity contribution < 1.29 is 13.5 Å². The first-order chi connectivity index (χ1) is 5.72. The van der Waals surface area contributed by atoms with Crippen molar-refractivity contribution in [2.24, 2.45) is 0 Å². The summed E-state index contributed by atoms with van der Waals surface area (Å²) < 4.78 is 27.4. The number of hydrogen-bond donors (Lipinski definition) is 0. The highest BCUT2D eigenvalue weighted by molar-refractivity contribution is 5.48. The van der Waals surface area contributed by atoms with Gasteiger partial charge in [-0.15, -0.1) is 0 Å². The lowest BCUT2D eigenvalue weighted by Gasteiger charge is -2.03. The highest BCUT2D eigenvalue weighted by Crippen LogP contribution is 2.20. The van der Waals surface area contributed by atoms with E-state index in [0.29, 0.717) is 0 Å². The molecule has 0 heterocycles. The van der Waals surface area contributed by atoms with Crippen molar-refractivity contribution in [3.05, 3.63) is 35.7 Å². The Labute approximate surface area is 68.2 Å². The molecule has 0 aliphatic heterocycles. The molecule has 0 atom stereocenters. The van der Waals surface area contributed by atoms with Crippen LogP contribution < -0.4 is 4.74 Å². The lowest BCUT2D eigenvalue weighted by atomic mass is 10.3. The summed E-state index contributed by atoms with van der Waals surface area (Å²) >= 11 is 0. The third-order valence-corrected chi connectivity index (χ3v) is 1.17. The third-order valence-electron chi connectivity index (χ3n) is 1.17. The van der Waals surface area contributed by atoms with E-state index >= 15 is 0 Å². The van der Waals surface area contributed by atoms with Crippen molar-refractivity contribution in [2.75, 3.05) is 0 Å². The van der Waals surface area contributed by atoms with E-state index in [4.69, 9.17) is 6.57 Å². The average Bonchev–Trinajstić information content (AvgIpc) is 2.03. The van der Waals surface area contributed by atoms with Gasteiger partial charge in [-0.2, -0.15) is 8.78 Å². The molecule has 12 heavy (non-hydrogen) atoms. The van der Waals surface area contributed by atoms with Gasteiger partial charge in [0.2, 0.25) is 0 Å². The molecule has 0 unspecified atom stereocenters. The highest BCUT2D eigenvalue weighted by atomic mass is 19.3. The van der Waals surface area contributed by atoms with Crippen molar-refractivity contribution >= 4 is 5.69 Å². The number of benzene rings is 1. The minimum Gasteiger partial charge on any atom is -0.436 e.